The lowest BCUT2D eigenvalue weighted by atomic mass is 10.0. The average molecular weight is 258 g/mol. The van der Waals surface area contributed by atoms with E-state index in [0.717, 1.165) is 0 Å². The lowest BCUT2D eigenvalue weighted by molar-refractivity contribution is 0.0140. The number of aliphatic hydroxyl groups is 2. The molecule has 0 aliphatic rings. The zero-order valence-electron chi connectivity index (χ0n) is 9.56. The normalized spacial score (nSPS) is 14.4. The zero-order chi connectivity index (χ0) is 12.8. The number of nitrogens with one attached hydrogen (secondary N) is 1. The molecule has 5 heteroatoms. The number of carbonyl (C=O) groups excluding carboxylic acids is 1. The Balaban J connectivity index is 2.78. The van der Waals surface area contributed by atoms with Gasteiger partial charge in [0.15, 0.2) is 6.29 Å². The Morgan fingerprint density at radius 1 is 1.47 bits per heavy atom. The number of aldehydes is 1. The van der Waals surface area contributed by atoms with Crippen molar-refractivity contribution in [3.63, 3.8) is 0 Å². The topological polar surface area (TPSA) is 69.6 Å². The molecule has 1 aromatic carbocycles. The quantitative estimate of drug-likeness (QED) is 0.669. The molecule has 4 nitrogen and oxygen atoms in total. The van der Waals surface area contributed by atoms with Gasteiger partial charge in [-0.15, -0.1) is 0 Å². The molecule has 0 amide bonds. The van der Waals surface area contributed by atoms with Gasteiger partial charge >= 0.3 is 0 Å². The summed E-state index contributed by atoms with van der Waals surface area (Å²) < 4.78 is 0. The molecular weight excluding hydrogens is 242 g/mol. The first-order valence-electron chi connectivity index (χ1n) is 5.35. The van der Waals surface area contributed by atoms with Gasteiger partial charge in [0, 0.05) is 5.56 Å². The van der Waals surface area contributed by atoms with E-state index < -0.39 is 12.2 Å². The fourth-order valence-corrected chi connectivity index (χ4v) is 1.73. The van der Waals surface area contributed by atoms with Gasteiger partial charge in [0.1, 0.15) is 6.10 Å². The molecule has 1 aromatic rings. The summed E-state index contributed by atoms with van der Waals surface area (Å²) in [7, 11) is 1.77. The van der Waals surface area contributed by atoms with Crippen LogP contribution in [0.1, 0.15) is 28.4 Å². The van der Waals surface area contributed by atoms with Crippen LogP contribution in [0.15, 0.2) is 18.2 Å². The van der Waals surface area contributed by atoms with Crippen LogP contribution < -0.4 is 5.32 Å². The van der Waals surface area contributed by atoms with Crippen LogP contribution in [0.4, 0.5) is 0 Å². The Morgan fingerprint density at radius 3 is 2.71 bits per heavy atom. The summed E-state index contributed by atoms with van der Waals surface area (Å²) in [6, 6.07) is 4.61. The highest BCUT2D eigenvalue weighted by atomic mass is 35.5. The average Bonchev–Trinajstić information content (AvgIpc) is 2.34. The minimum Gasteiger partial charge on any atom is -0.390 e. The maximum Gasteiger partial charge on any atom is 0.151 e. The molecule has 0 radical (unpaired) electrons. The summed E-state index contributed by atoms with van der Waals surface area (Å²) in [6.07, 6.45) is -0.775. The molecule has 2 unspecified atom stereocenters. The summed E-state index contributed by atoms with van der Waals surface area (Å²) in [6.45, 7) is 0.610. The van der Waals surface area contributed by atoms with Gasteiger partial charge in [-0.1, -0.05) is 17.7 Å². The van der Waals surface area contributed by atoms with Gasteiger partial charge in [0.2, 0.25) is 0 Å². The highest BCUT2D eigenvalue weighted by molar-refractivity contribution is 6.33. The Labute approximate surface area is 105 Å². The highest BCUT2D eigenvalue weighted by Crippen LogP contribution is 2.24. The van der Waals surface area contributed by atoms with Crippen LogP contribution in [0.25, 0.3) is 0 Å². The molecule has 0 bridgehead atoms. The number of halogens is 1. The highest BCUT2D eigenvalue weighted by Gasteiger charge is 2.18. The van der Waals surface area contributed by atoms with Crippen LogP contribution in [0.5, 0.6) is 0 Å². The minimum atomic E-state index is -0.999. The van der Waals surface area contributed by atoms with Crippen molar-refractivity contribution in [2.45, 2.75) is 18.6 Å². The van der Waals surface area contributed by atoms with Crippen molar-refractivity contribution in [2.75, 3.05) is 13.6 Å². The van der Waals surface area contributed by atoms with Crippen LogP contribution in [0, 0.1) is 0 Å². The van der Waals surface area contributed by atoms with E-state index in [-0.39, 0.29) is 5.02 Å². The van der Waals surface area contributed by atoms with E-state index in [2.05, 4.69) is 5.32 Å². The van der Waals surface area contributed by atoms with Crippen LogP contribution >= 0.6 is 11.6 Å². The maximum absolute atomic E-state index is 10.6. The molecule has 2 atom stereocenters. The molecule has 0 fully saturated rings. The zero-order valence-corrected chi connectivity index (χ0v) is 10.3. The van der Waals surface area contributed by atoms with Gasteiger partial charge in [-0.3, -0.25) is 4.79 Å². The van der Waals surface area contributed by atoms with Crippen molar-refractivity contribution in [2.24, 2.45) is 0 Å². The third kappa shape index (κ3) is 3.78. The Morgan fingerprint density at radius 2 is 2.18 bits per heavy atom. The standard InChI is InChI=1S/C12H16ClNO3/c1-14-5-4-11(16)12(17)8-2-3-9(7-15)10(13)6-8/h2-3,6-7,11-12,14,16-17H,4-5H2,1H3. The molecule has 0 aromatic heterocycles. The van der Waals surface area contributed by atoms with Crippen molar-refractivity contribution in [3.8, 4) is 0 Å². The van der Waals surface area contributed by atoms with Crippen LogP contribution in [0.3, 0.4) is 0 Å². The smallest absolute Gasteiger partial charge is 0.151 e. The van der Waals surface area contributed by atoms with Crippen molar-refractivity contribution in [1.29, 1.82) is 0 Å². The fourth-order valence-electron chi connectivity index (χ4n) is 1.50. The predicted molar refractivity (Wildman–Crippen MR) is 66.3 cm³/mol. The van der Waals surface area contributed by atoms with Crippen LogP contribution in [-0.2, 0) is 0 Å². The summed E-state index contributed by atoms with van der Waals surface area (Å²) in [5, 5.41) is 22.8. The predicted octanol–water partition coefficient (Wildman–Crippen LogP) is 1.16. The van der Waals surface area contributed by atoms with Crippen LogP contribution in [0.2, 0.25) is 5.02 Å². The second kappa shape index (κ2) is 6.71. The summed E-state index contributed by atoms with van der Waals surface area (Å²) in [4.78, 5) is 10.6. The molecule has 0 aliphatic heterocycles. The second-order valence-electron chi connectivity index (χ2n) is 3.80. The van der Waals surface area contributed by atoms with E-state index >= 15 is 0 Å². The fraction of sp³-hybridized carbons (Fsp3) is 0.417. The Bertz CT molecular complexity index is 384. The summed E-state index contributed by atoms with van der Waals surface area (Å²) >= 11 is 5.85. The lowest BCUT2D eigenvalue weighted by Crippen LogP contribution is -2.23. The number of benzene rings is 1. The van der Waals surface area contributed by atoms with Gasteiger partial charge < -0.3 is 15.5 Å². The van der Waals surface area contributed by atoms with Gasteiger partial charge in [0.25, 0.3) is 0 Å². The monoisotopic (exact) mass is 257 g/mol. The molecule has 0 aliphatic carbocycles. The maximum atomic E-state index is 10.6. The van der Waals surface area contributed by atoms with E-state index in [9.17, 15) is 15.0 Å². The molecule has 94 valence electrons. The Hall–Kier alpha value is -0.940. The van der Waals surface area contributed by atoms with Crippen molar-refractivity contribution >= 4 is 17.9 Å². The Kier molecular flexibility index (Phi) is 5.58. The molecule has 0 heterocycles. The minimum absolute atomic E-state index is 0.275. The lowest BCUT2D eigenvalue weighted by Gasteiger charge is -2.18. The first-order valence-corrected chi connectivity index (χ1v) is 5.73. The molecule has 3 N–H and O–H groups in total. The third-order valence-corrected chi connectivity index (χ3v) is 2.87. The number of hydrogen-bond donors (Lipinski definition) is 3. The van der Waals surface area contributed by atoms with E-state index in [1.807, 2.05) is 0 Å². The summed E-state index contributed by atoms with van der Waals surface area (Å²) in [5.41, 5.74) is 0.872. The number of rotatable bonds is 6. The second-order valence-corrected chi connectivity index (χ2v) is 4.21. The van der Waals surface area contributed by atoms with E-state index in [4.69, 9.17) is 11.6 Å². The van der Waals surface area contributed by atoms with Gasteiger partial charge in [-0.05, 0) is 37.7 Å². The van der Waals surface area contributed by atoms with Crippen molar-refractivity contribution in [1.82, 2.24) is 5.32 Å². The molecular formula is C12H16ClNO3. The first-order chi connectivity index (χ1) is 8.10. The molecule has 17 heavy (non-hydrogen) atoms. The van der Waals surface area contributed by atoms with Gasteiger partial charge in [-0.25, -0.2) is 0 Å². The van der Waals surface area contributed by atoms with Crippen molar-refractivity contribution in [3.05, 3.63) is 34.3 Å². The molecule has 0 spiro atoms. The SMILES string of the molecule is CNCCC(O)C(O)c1ccc(C=O)c(Cl)c1. The first kappa shape index (κ1) is 14.1. The van der Waals surface area contributed by atoms with E-state index in [0.29, 0.717) is 30.4 Å². The van der Waals surface area contributed by atoms with Crippen LogP contribution in [-0.4, -0.2) is 36.2 Å². The van der Waals surface area contributed by atoms with Gasteiger partial charge in [0.05, 0.1) is 11.1 Å². The molecule has 0 saturated heterocycles. The van der Waals surface area contributed by atoms with E-state index in [1.165, 1.54) is 12.1 Å². The number of carbonyl (C=O) groups is 1. The largest absolute Gasteiger partial charge is 0.390 e. The van der Waals surface area contributed by atoms with E-state index in [1.54, 1.807) is 13.1 Å². The summed E-state index contributed by atoms with van der Waals surface area (Å²) in [5.74, 6) is 0. The third-order valence-electron chi connectivity index (χ3n) is 2.55. The van der Waals surface area contributed by atoms with Crippen molar-refractivity contribution < 1.29 is 15.0 Å². The molecule has 1 rings (SSSR count). The number of aliphatic hydroxyl groups excluding tert-OH is 2. The molecule has 0 saturated carbocycles. The van der Waals surface area contributed by atoms with Gasteiger partial charge in [-0.2, -0.15) is 0 Å². The number of hydrogen-bond acceptors (Lipinski definition) is 4.